The number of hydrogen-bond donors (Lipinski definition) is 1. The number of nitrogens with zero attached hydrogens (tertiary/aromatic N) is 1. The van der Waals surface area contributed by atoms with E-state index in [1.54, 1.807) is 0 Å². The van der Waals surface area contributed by atoms with Crippen LogP contribution in [0.3, 0.4) is 0 Å². The van der Waals surface area contributed by atoms with Crippen molar-refractivity contribution in [2.45, 2.75) is 51.2 Å². The highest BCUT2D eigenvalue weighted by Crippen LogP contribution is 2.26. The molecule has 0 aromatic rings. The fraction of sp³-hybridized carbons (Fsp3) is 0.929. The van der Waals surface area contributed by atoms with Gasteiger partial charge >= 0.3 is 0 Å². The quantitative estimate of drug-likeness (QED) is 0.824. The minimum Gasteiger partial charge on any atom is -0.368 e. The number of amides is 1. The van der Waals surface area contributed by atoms with Gasteiger partial charge in [0.25, 0.3) is 0 Å². The Morgan fingerprint density at radius 2 is 2.11 bits per heavy atom. The number of likely N-dealkylation sites (tertiary alicyclic amines) is 1. The number of likely N-dealkylation sites (N-methyl/N-ethyl adjacent to an activating group) is 1. The van der Waals surface area contributed by atoms with Gasteiger partial charge in [0.1, 0.15) is 6.61 Å². The smallest absolute Gasteiger partial charge is 0.246 e. The molecule has 1 aliphatic carbocycles. The van der Waals surface area contributed by atoms with Gasteiger partial charge in [-0.1, -0.05) is 19.8 Å². The molecule has 0 aromatic heterocycles. The van der Waals surface area contributed by atoms with Crippen LogP contribution in [0.1, 0.15) is 39.0 Å². The molecule has 0 spiro atoms. The van der Waals surface area contributed by atoms with Crippen LogP contribution in [0.5, 0.6) is 0 Å². The molecule has 3 atom stereocenters. The summed E-state index contributed by atoms with van der Waals surface area (Å²) >= 11 is 0. The normalized spacial score (nSPS) is 33.6. The highest BCUT2D eigenvalue weighted by Gasteiger charge is 2.24. The summed E-state index contributed by atoms with van der Waals surface area (Å²) in [7, 11) is 2.09. The maximum absolute atomic E-state index is 11.8. The molecule has 1 heterocycles. The van der Waals surface area contributed by atoms with Crippen molar-refractivity contribution in [1.82, 2.24) is 10.2 Å². The highest BCUT2D eigenvalue weighted by atomic mass is 16.5. The summed E-state index contributed by atoms with van der Waals surface area (Å²) in [6.07, 6.45) is 6.24. The van der Waals surface area contributed by atoms with Gasteiger partial charge in [0.2, 0.25) is 5.91 Å². The van der Waals surface area contributed by atoms with Crippen LogP contribution in [0.15, 0.2) is 0 Å². The number of hydrogen-bond acceptors (Lipinski definition) is 3. The highest BCUT2D eigenvalue weighted by molar-refractivity contribution is 5.77. The molecule has 104 valence electrons. The van der Waals surface area contributed by atoms with Crippen molar-refractivity contribution in [3.05, 3.63) is 0 Å². The molecule has 1 saturated heterocycles. The summed E-state index contributed by atoms with van der Waals surface area (Å²) < 4.78 is 5.77. The maximum atomic E-state index is 11.8. The Bertz CT molecular complexity index is 283. The Hall–Kier alpha value is -0.610. The van der Waals surface area contributed by atoms with E-state index in [-0.39, 0.29) is 18.6 Å². The zero-order valence-electron chi connectivity index (χ0n) is 11.7. The van der Waals surface area contributed by atoms with Crippen molar-refractivity contribution < 1.29 is 9.53 Å². The summed E-state index contributed by atoms with van der Waals surface area (Å²) in [5.74, 6) is 0.650. The minimum atomic E-state index is 0.0491. The van der Waals surface area contributed by atoms with E-state index in [0.29, 0.717) is 12.0 Å². The van der Waals surface area contributed by atoms with E-state index in [9.17, 15) is 4.79 Å². The monoisotopic (exact) mass is 254 g/mol. The first-order valence-electron chi connectivity index (χ1n) is 7.24. The molecule has 1 saturated carbocycles. The largest absolute Gasteiger partial charge is 0.368 e. The fourth-order valence-electron chi connectivity index (χ4n) is 3.03. The van der Waals surface area contributed by atoms with Gasteiger partial charge in [-0.15, -0.1) is 0 Å². The van der Waals surface area contributed by atoms with Gasteiger partial charge in [0.05, 0.1) is 6.10 Å². The molecule has 4 nitrogen and oxygen atoms in total. The van der Waals surface area contributed by atoms with Crippen molar-refractivity contribution in [2.75, 3.05) is 26.7 Å². The SMILES string of the molecule is C[C@@H]1CCCC[C@@H]1OCC(=O)N[C@@H]1CCN(C)C1. The van der Waals surface area contributed by atoms with Crippen molar-refractivity contribution in [3.63, 3.8) is 0 Å². The first-order valence-corrected chi connectivity index (χ1v) is 7.24. The van der Waals surface area contributed by atoms with Gasteiger partial charge in [-0.25, -0.2) is 0 Å². The Balaban J connectivity index is 1.65. The zero-order valence-corrected chi connectivity index (χ0v) is 11.7. The van der Waals surface area contributed by atoms with Gasteiger partial charge in [-0.2, -0.15) is 0 Å². The van der Waals surface area contributed by atoms with Crippen LogP contribution in [0.4, 0.5) is 0 Å². The molecule has 1 amide bonds. The molecule has 2 aliphatic rings. The average molecular weight is 254 g/mol. The standard InChI is InChI=1S/C14H26N2O2/c1-11-5-3-4-6-13(11)18-10-14(17)15-12-7-8-16(2)9-12/h11-13H,3-10H2,1-2H3,(H,15,17)/t11-,12-,13+/m1/s1. The molecule has 18 heavy (non-hydrogen) atoms. The van der Waals surface area contributed by atoms with Gasteiger partial charge in [0.15, 0.2) is 0 Å². The van der Waals surface area contributed by atoms with E-state index in [0.717, 1.165) is 25.9 Å². The Kier molecular flexibility index (Phi) is 5.01. The van der Waals surface area contributed by atoms with Crippen LogP contribution in [0, 0.1) is 5.92 Å². The third kappa shape index (κ3) is 3.95. The van der Waals surface area contributed by atoms with E-state index < -0.39 is 0 Å². The molecular formula is C14H26N2O2. The number of nitrogens with one attached hydrogen (secondary N) is 1. The van der Waals surface area contributed by atoms with E-state index >= 15 is 0 Å². The number of carbonyl (C=O) groups excluding carboxylic acids is 1. The average Bonchev–Trinajstić information content (AvgIpc) is 2.74. The molecule has 2 rings (SSSR count). The predicted octanol–water partition coefficient (Wildman–Crippen LogP) is 1.40. The lowest BCUT2D eigenvalue weighted by Crippen LogP contribution is -2.40. The Morgan fingerprint density at radius 1 is 1.33 bits per heavy atom. The Labute approximate surface area is 110 Å². The lowest BCUT2D eigenvalue weighted by molar-refractivity contribution is -0.130. The number of carbonyl (C=O) groups is 1. The van der Waals surface area contributed by atoms with Crippen molar-refractivity contribution in [1.29, 1.82) is 0 Å². The van der Waals surface area contributed by atoms with Crippen molar-refractivity contribution in [3.8, 4) is 0 Å². The van der Waals surface area contributed by atoms with Gasteiger partial charge in [0, 0.05) is 12.6 Å². The van der Waals surface area contributed by atoms with Crippen LogP contribution >= 0.6 is 0 Å². The first-order chi connectivity index (χ1) is 8.65. The third-order valence-corrected chi connectivity index (χ3v) is 4.22. The fourth-order valence-corrected chi connectivity index (χ4v) is 3.03. The second-order valence-corrected chi connectivity index (χ2v) is 5.93. The summed E-state index contributed by atoms with van der Waals surface area (Å²) in [5, 5.41) is 3.06. The van der Waals surface area contributed by atoms with Crippen molar-refractivity contribution in [2.24, 2.45) is 5.92 Å². The molecule has 1 N–H and O–H groups in total. The Morgan fingerprint density at radius 3 is 2.78 bits per heavy atom. The molecule has 0 aromatic carbocycles. The lowest BCUT2D eigenvalue weighted by Gasteiger charge is -2.28. The molecular weight excluding hydrogens is 228 g/mol. The van der Waals surface area contributed by atoms with E-state index in [4.69, 9.17) is 4.74 Å². The van der Waals surface area contributed by atoms with Gasteiger partial charge in [-0.05, 0) is 38.8 Å². The predicted molar refractivity (Wildman–Crippen MR) is 71.4 cm³/mol. The van der Waals surface area contributed by atoms with Crippen LogP contribution in [0.25, 0.3) is 0 Å². The van der Waals surface area contributed by atoms with Crippen LogP contribution in [0.2, 0.25) is 0 Å². The second-order valence-electron chi connectivity index (χ2n) is 5.93. The summed E-state index contributed by atoms with van der Waals surface area (Å²) in [4.78, 5) is 14.0. The maximum Gasteiger partial charge on any atom is 0.246 e. The first kappa shape index (κ1) is 13.8. The number of ether oxygens (including phenoxy) is 1. The molecule has 0 unspecified atom stereocenters. The van der Waals surface area contributed by atoms with E-state index in [1.807, 2.05) is 0 Å². The van der Waals surface area contributed by atoms with E-state index in [1.165, 1.54) is 19.3 Å². The molecule has 0 radical (unpaired) electrons. The second kappa shape index (κ2) is 6.53. The third-order valence-electron chi connectivity index (χ3n) is 4.22. The zero-order chi connectivity index (χ0) is 13.0. The van der Waals surface area contributed by atoms with E-state index in [2.05, 4.69) is 24.2 Å². The summed E-state index contributed by atoms with van der Waals surface area (Å²) in [6.45, 7) is 4.50. The van der Waals surface area contributed by atoms with Crippen LogP contribution in [-0.4, -0.2) is 49.7 Å². The number of rotatable bonds is 4. The molecule has 0 bridgehead atoms. The molecule has 2 fully saturated rings. The summed E-state index contributed by atoms with van der Waals surface area (Å²) in [5.41, 5.74) is 0. The van der Waals surface area contributed by atoms with Gasteiger partial charge < -0.3 is 15.0 Å². The minimum absolute atomic E-state index is 0.0491. The van der Waals surface area contributed by atoms with Crippen LogP contribution in [-0.2, 0) is 9.53 Å². The van der Waals surface area contributed by atoms with Crippen molar-refractivity contribution >= 4 is 5.91 Å². The summed E-state index contributed by atoms with van der Waals surface area (Å²) in [6, 6.07) is 0.315. The molecule has 4 heteroatoms. The lowest BCUT2D eigenvalue weighted by atomic mass is 9.88. The topological polar surface area (TPSA) is 41.6 Å². The van der Waals surface area contributed by atoms with Crippen LogP contribution < -0.4 is 5.32 Å². The molecule has 1 aliphatic heterocycles. The van der Waals surface area contributed by atoms with Gasteiger partial charge in [-0.3, -0.25) is 4.79 Å².